The summed E-state index contributed by atoms with van der Waals surface area (Å²) in [5, 5.41) is 12.2. The normalized spacial score (nSPS) is 12.6. The topological polar surface area (TPSA) is 49.3 Å². The maximum atomic E-state index is 13.0. The number of aliphatic hydroxyl groups excluding tert-OH is 1. The molecule has 0 aliphatic rings. The monoisotopic (exact) mass is 317 g/mol. The maximum absolute atomic E-state index is 13.0. The van der Waals surface area contributed by atoms with E-state index in [1.165, 1.54) is 6.07 Å². The molecule has 0 fully saturated rings. The van der Waals surface area contributed by atoms with Crippen LogP contribution in [0, 0.1) is 11.7 Å². The van der Waals surface area contributed by atoms with E-state index in [0.29, 0.717) is 4.47 Å². The minimum absolute atomic E-state index is 0.102. The summed E-state index contributed by atoms with van der Waals surface area (Å²) in [7, 11) is 0. The Bertz CT molecular complexity index is 423. The Morgan fingerprint density at radius 3 is 2.72 bits per heavy atom. The highest BCUT2D eigenvalue weighted by Gasteiger charge is 2.11. The second-order valence-electron chi connectivity index (χ2n) is 4.54. The van der Waals surface area contributed by atoms with Gasteiger partial charge >= 0.3 is 0 Å². The third-order valence-corrected chi connectivity index (χ3v) is 3.23. The standard InChI is InChI=1S/C13H17BrFNO2/c1-8(2)12(17)7-16-13(18)6-9-3-4-11(15)10(14)5-9/h3-5,8,12,17H,6-7H2,1-2H3,(H,16,18). The Kier molecular flexibility index (Phi) is 5.75. The molecule has 0 aliphatic carbocycles. The predicted octanol–water partition coefficient (Wildman–Crippen LogP) is 2.26. The van der Waals surface area contributed by atoms with Gasteiger partial charge in [0.2, 0.25) is 5.91 Å². The van der Waals surface area contributed by atoms with Crippen LogP contribution in [0.3, 0.4) is 0 Å². The van der Waals surface area contributed by atoms with E-state index < -0.39 is 6.10 Å². The zero-order valence-electron chi connectivity index (χ0n) is 10.4. The summed E-state index contributed by atoms with van der Waals surface area (Å²) >= 11 is 3.07. The third-order valence-electron chi connectivity index (χ3n) is 2.63. The van der Waals surface area contributed by atoms with E-state index in [4.69, 9.17) is 0 Å². The van der Waals surface area contributed by atoms with Gasteiger partial charge in [0.15, 0.2) is 0 Å². The van der Waals surface area contributed by atoms with Crippen LogP contribution < -0.4 is 5.32 Å². The number of carbonyl (C=O) groups is 1. The molecule has 0 saturated heterocycles. The van der Waals surface area contributed by atoms with Crippen molar-refractivity contribution in [3.05, 3.63) is 34.1 Å². The van der Waals surface area contributed by atoms with Gasteiger partial charge in [0.05, 0.1) is 17.0 Å². The summed E-state index contributed by atoms with van der Waals surface area (Å²) in [6.45, 7) is 4.00. The first-order valence-corrected chi connectivity index (χ1v) is 6.58. The fourth-order valence-corrected chi connectivity index (χ4v) is 1.78. The molecule has 1 unspecified atom stereocenters. The smallest absolute Gasteiger partial charge is 0.224 e. The van der Waals surface area contributed by atoms with Crippen LogP contribution >= 0.6 is 15.9 Å². The molecule has 3 nitrogen and oxygen atoms in total. The molecule has 1 aromatic rings. The van der Waals surface area contributed by atoms with Crippen LogP contribution in [0.25, 0.3) is 0 Å². The summed E-state index contributed by atoms with van der Waals surface area (Å²) in [5.41, 5.74) is 0.722. The first kappa shape index (κ1) is 15.1. The molecular weight excluding hydrogens is 301 g/mol. The highest BCUT2D eigenvalue weighted by Crippen LogP contribution is 2.17. The van der Waals surface area contributed by atoms with E-state index in [9.17, 15) is 14.3 Å². The summed E-state index contributed by atoms with van der Waals surface area (Å²) in [4.78, 5) is 11.6. The Hall–Kier alpha value is -0.940. The van der Waals surface area contributed by atoms with E-state index in [0.717, 1.165) is 5.56 Å². The van der Waals surface area contributed by atoms with Crippen molar-refractivity contribution in [3.8, 4) is 0 Å². The van der Waals surface area contributed by atoms with Gasteiger partial charge in [-0.2, -0.15) is 0 Å². The Balaban J connectivity index is 2.47. The molecule has 5 heteroatoms. The minimum Gasteiger partial charge on any atom is -0.391 e. The van der Waals surface area contributed by atoms with E-state index in [2.05, 4.69) is 21.2 Å². The molecule has 0 saturated carbocycles. The number of amides is 1. The number of halogens is 2. The lowest BCUT2D eigenvalue weighted by molar-refractivity contribution is -0.121. The molecule has 18 heavy (non-hydrogen) atoms. The molecule has 1 rings (SSSR count). The van der Waals surface area contributed by atoms with Crippen molar-refractivity contribution in [1.82, 2.24) is 5.32 Å². The number of rotatable bonds is 5. The molecular formula is C13H17BrFNO2. The molecule has 1 amide bonds. The molecule has 0 aliphatic heterocycles. The predicted molar refractivity (Wildman–Crippen MR) is 71.7 cm³/mol. The second-order valence-corrected chi connectivity index (χ2v) is 5.40. The lowest BCUT2D eigenvalue weighted by Crippen LogP contribution is -2.35. The van der Waals surface area contributed by atoms with Gasteiger partial charge in [-0.1, -0.05) is 19.9 Å². The molecule has 0 radical (unpaired) electrons. The Labute approximate surface area is 115 Å². The Morgan fingerprint density at radius 2 is 2.17 bits per heavy atom. The Morgan fingerprint density at radius 1 is 1.50 bits per heavy atom. The number of nitrogens with one attached hydrogen (secondary N) is 1. The summed E-state index contributed by atoms with van der Waals surface area (Å²) in [6.07, 6.45) is -0.377. The summed E-state index contributed by atoms with van der Waals surface area (Å²) < 4.78 is 13.3. The lowest BCUT2D eigenvalue weighted by Gasteiger charge is -2.15. The number of aliphatic hydroxyl groups is 1. The zero-order chi connectivity index (χ0) is 13.7. The van der Waals surface area contributed by atoms with E-state index in [-0.39, 0.29) is 30.6 Å². The van der Waals surface area contributed by atoms with Gasteiger partial charge in [-0.15, -0.1) is 0 Å². The fourth-order valence-electron chi connectivity index (χ4n) is 1.35. The SMILES string of the molecule is CC(C)C(O)CNC(=O)Cc1ccc(F)c(Br)c1. The molecule has 1 atom stereocenters. The summed E-state index contributed by atoms with van der Waals surface area (Å²) in [6, 6.07) is 4.46. The van der Waals surface area contributed by atoms with Crippen LogP contribution in [0.15, 0.2) is 22.7 Å². The van der Waals surface area contributed by atoms with Gasteiger partial charge in [0.25, 0.3) is 0 Å². The van der Waals surface area contributed by atoms with Gasteiger partial charge in [-0.25, -0.2) is 4.39 Å². The molecule has 0 aromatic heterocycles. The second kappa shape index (κ2) is 6.85. The molecule has 0 bridgehead atoms. The first-order valence-electron chi connectivity index (χ1n) is 5.79. The van der Waals surface area contributed by atoms with Gasteiger partial charge in [0.1, 0.15) is 5.82 Å². The number of carbonyl (C=O) groups excluding carboxylic acids is 1. The van der Waals surface area contributed by atoms with Gasteiger partial charge in [-0.3, -0.25) is 4.79 Å². The first-order chi connectivity index (χ1) is 8.40. The van der Waals surface area contributed by atoms with Crippen molar-refractivity contribution in [2.45, 2.75) is 26.4 Å². The molecule has 0 spiro atoms. The van der Waals surface area contributed by atoms with Crippen LogP contribution in [0.4, 0.5) is 4.39 Å². The van der Waals surface area contributed by atoms with Crippen molar-refractivity contribution >= 4 is 21.8 Å². The van der Waals surface area contributed by atoms with Crippen LogP contribution in [0.1, 0.15) is 19.4 Å². The van der Waals surface area contributed by atoms with Gasteiger partial charge in [-0.05, 0) is 39.5 Å². The van der Waals surface area contributed by atoms with Crippen LogP contribution in [0.5, 0.6) is 0 Å². The average Bonchev–Trinajstić information content (AvgIpc) is 2.30. The molecule has 2 N–H and O–H groups in total. The quantitative estimate of drug-likeness (QED) is 0.875. The molecule has 100 valence electrons. The van der Waals surface area contributed by atoms with Crippen molar-refractivity contribution in [3.63, 3.8) is 0 Å². The average molecular weight is 318 g/mol. The van der Waals surface area contributed by atoms with Crippen LogP contribution in [-0.2, 0) is 11.2 Å². The highest BCUT2D eigenvalue weighted by molar-refractivity contribution is 9.10. The van der Waals surface area contributed by atoms with Crippen molar-refractivity contribution < 1.29 is 14.3 Å². The highest BCUT2D eigenvalue weighted by atomic mass is 79.9. The molecule has 1 aromatic carbocycles. The minimum atomic E-state index is -0.547. The van der Waals surface area contributed by atoms with Gasteiger partial charge < -0.3 is 10.4 Å². The van der Waals surface area contributed by atoms with Gasteiger partial charge in [0, 0.05) is 6.54 Å². The van der Waals surface area contributed by atoms with Crippen molar-refractivity contribution in [2.75, 3.05) is 6.54 Å². The van der Waals surface area contributed by atoms with E-state index >= 15 is 0 Å². The largest absolute Gasteiger partial charge is 0.391 e. The fraction of sp³-hybridized carbons (Fsp3) is 0.462. The van der Waals surface area contributed by atoms with E-state index in [1.807, 2.05) is 13.8 Å². The lowest BCUT2D eigenvalue weighted by atomic mass is 10.1. The number of hydrogen-bond donors (Lipinski definition) is 2. The number of benzene rings is 1. The van der Waals surface area contributed by atoms with Crippen molar-refractivity contribution in [2.24, 2.45) is 5.92 Å². The van der Waals surface area contributed by atoms with Crippen molar-refractivity contribution in [1.29, 1.82) is 0 Å². The van der Waals surface area contributed by atoms with E-state index in [1.54, 1.807) is 12.1 Å². The summed E-state index contributed by atoms with van der Waals surface area (Å²) in [5.74, 6) is -0.437. The zero-order valence-corrected chi connectivity index (χ0v) is 12.0. The van der Waals surface area contributed by atoms with Crippen LogP contribution in [-0.4, -0.2) is 23.7 Å². The molecule has 0 heterocycles. The maximum Gasteiger partial charge on any atom is 0.224 e. The number of hydrogen-bond acceptors (Lipinski definition) is 2. The van der Waals surface area contributed by atoms with Crippen LogP contribution in [0.2, 0.25) is 0 Å². The third kappa shape index (κ3) is 4.74.